The number of hydrogen-bond donors (Lipinski definition) is 2. The van der Waals surface area contributed by atoms with Crippen LogP contribution in [0.4, 0.5) is 0 Å². The number of benzene rings is 1. The lowest BCUT2D eigenvalue weighted by Gasteiger charge is -2.04. The van der Waals surface area contributed by atoms with Crippen molar-refractivity contribution in [2.75, 3.05) is 0 Å². The van der Waals surface area contributed by atoms with Crippen molar-refractivity contribution in [2.45, 2.75) is 6.54 Å². The highest BCUT2D eigenvalue weighted by molar-refractivity contribution is 5.93. The van der Waals surface area contributed by atoms with Crippen LogP contribution >= 0.6 is 0 Å². The molecule has 1 aromatic carbocycles. The molecule has 0 saturated carbocycles. The summed E-state index contributed by atoms with van der Waals surface area (Å²) in [5.41, 5.74) is 1.93. The number of aromatic nitrogens is 2. The van der Waals surface area contributed by atoms with Gasteiger partial charge in [0.1, 0.15) is 11.3 Å². The molecule has 2 aromatic heterocycles. The molecule has 0 saturated heterocycles. The van der Waals surface area contributed by atoms with Gasteiger partial charge in [-0.3, -0.25) is 4.79 Å². The third-order valence-electron chi connectivity index (χ3n) is 3.22. The second-order valence-corrected chi connectivity index (χ2v) is 4.78. The van der Waals surface area contributed by atoms with Gasteiger partial charge in [0.15, 0.2) is 0 Å². The van der Waals surface area contributed by atoms with E-state index < -0.39 is 5.97 Å². The molecule has 22 heavy (non-hydrogen) atoms. The van der Waals surface area contributed by atoms with Crippen LogP contribution in [0.1, 0.15) is 26.4 Å². The average Bonchev–Trinajstić information content (AvgIpc) is 2.97. The monoisotopic (exact) mass is 295 g/mol. The second kappa shape index (κ2) is 5.69. The highest BCUT2D eigenvalue weighted by Gasteiger charge is 2.10. The van der Waals surface area contributed by atoms with Gasteiger partial charge in [-0.05, 0) is 29.8 Å². The predicted molar refractivity (Wildman–Crippen MR) is 79.8 cm³/mol. The Bertz CT molecular complexity index is 821. The minimum Gasteiger partial charge on any atom is -0.478 e. The predicted octanol–water partition coefficient (Wildman–Crippen LogP) is 1.96. The van der Waals surface area contributed by atoms with Gasteiger partial charge in [-0.2, -0.15) is 0 Å². The summed E-state index contributed by atoms with van der Waals surface area (Å²) in [5.74, 6) is -1.29. The number of pyridine rings is 1. The fraction of sp³-hybridized carbons (Fsp3) is 0.0625. The van der Waals surface area contributed by atoms with E-state index in [-0.39, 0.29) is 18.0 Å². The molecule has 0 aliphatic rings. The molecular weight excluding hydrogens is 282 g/mol. The number of fused-ring (bicyclic) bond motifs is 1. The molecule has 0 fully saturated rings. The number of carboxylic acids is 1. The summed E-state index contributed by atoms with van der Waals surface area (Å²) in [6, 6.07) is 12.0. The fourth-order valence-corrected chi connectivity index (χ4v) is 2.13. The van der Waals surface area contributed by atoms with Crippen LogP contribution in [0.2, 0.25) is 0 Å². The zero-order valence-corrected chi connectivity index (χ0v) is 11.6. The molecular formula is C16H13N3O3. The summed E-state index contributed by atoms with van der Waals surface area (Å²) in [6.07, 6.45) is 3.47. The van der Waals surface area contributed by atoms with Gasteiger partial charge >= 0.3 is 5.97 Å². The number of carboxylic acid groups (broad SMARTS) is 1. The van der Waals surface area contributed by atoms with Crippen LogP contribution in [0.15, 0.2) is 54.9 Å². The third-order valence-corrected chi connectivity index (χ3v) is 3.22. The Morgan fingerprint density at radius 3 is 2.82 bits per heavy atom. The van der Waals surface area contributed by atoms with Gasteiger partial charge in [-0.1, -0.05) is 18.2 Å². The Labute approximate surface area is 126 Å². The maximum absolute atomic E-state index is 12.1. The molecule has 6 nitrogen and oxygen atoms in total. The summed E-state index contributed by atoms with van der Waals surface area (Å²) < 4.78 is 1.76. The number of nitrogens with zero attached hydrogens (tertiary/aromatic N) is 2. The van der Waals surface area contributed by atoms with E-state index in [2.05, 4.69) is 10.3 Å². The van der Waals surface area contributed by atoms with Crippen molar-refractivity contribution in [1.29, 1.82) is 0 Å². The lowest BCUT2D eigenvalue weighted by atomic mass is 10.1. The van der Waals surface area contributed by atoms with E-state index in [9.17, 15) is 9.59 Å². The minimum absolute atomic E-state index is 0.194. The van der Waals surface area contributed by atoms with Gasteiger partial charge in [0.25, 0.3) is 5.91 Å². The summed E-state index contributed by atoms with van der Waals surface area (Å²) in [7, 11) is 0. The van der Waals surface area contributed by atoms with Gasteiger partial charge < -0.3 is 14.8 Å². The Morgan fingerprint density at radius 2 is 2.05 bits per heavy atom. The van der Waals surface area contributed by atoms with Crippen molar-refractivity contribution in [1.82, 2.24) is 14.7 Å². The minimum atomic E-state index is -0.992. The van der Waals surface area contributed by atoms with Crippen LogP contribution in [0.25, 0.3) is 5.65 Å². The SMILES string of the molecule is O=C(O)c1cccc(CNC(=O)c2cn3ccccc3n2)c1. The average molecular weight is 295 g/mol. The number of nitrogens with one attached hydrogen (secondary N) is 1. The molecule has 110 valence electrons. The summed E-state index contributed by atoms with van der Waals surface area (Å²) in [5, 5.41) is 11.7. The topological polar surface area (TPSA) is 83.7 Å². The molecule has 0 spiro atoms. The first-order valence-electron chi connectivity index (χ1n) is 6.67. The van der Waals surface area contributed by atoms with Crippen LogP contribution < -0.4 is 5.32 Å². The first kappa shape index (κ1) is 13.8. The molecule has 6 heteroatoms. The van der Waals surface area contributed by atoms with E-state index >= 15 is 0 Å². The number of carbonyl (C=O) groups excluding carboxylic acids is 1. The number of hydrogen-bond acceptors (Lipinski definition) is 3. The van der Waals surface area contributed by atoms with E-state index in [0.717, 1.165) is 5.56 Å². The van der Waals surface area contributed by atoms with E-state index in [4.69, 9.17) is 5.11 Å². The number of aromatic carboxylic acids is 1. The largest absolute Gasteiger partial charge is 0.478 e. The first-order valence-corrected chi connectivity index (χ1v) is 6.67. The number of carbonyl (C=O) groups is 2. The quantitative estimate of drug-likeness (QED) is 0.770. The zero-order valence-electron chi connectivity index (χ0n) is 11.6. The van der Waals surface area contributed by atoms with Gasteiger partial charge in [-0.15, -0.1) is 0 Å². The molecule has 0 bridgehead atoms. The number of imidazole rings is 1. The molecule has 1 amide bonds. The Morgan fingerprint density at radius 1 is 1.18 bits per heavy atom. The van der Waals surface area contributed by atoms with Crippen LogP contribution in [-0.4, -0.2) is 26.4 Å². The van der Waals surface area contributed by atoms with E-state index in [1.165, 1.54) is 12.1 Å². The van der Waals surface area contributed by atoms with Crippen LogP contribution in [-0.2, 0) is 6.54 Å². The van der Waals surface area contributed by atoms with E-state index in [0.29, 0.717) is 11.3 Å². The lowest BCUT2D eigenvalue weighted by molar-refractivity contribution is 0.0696. The molecule has 0 aliphatic heterocycles. The first-order chi connectivity index (χ1) is 10.6. The van der Waals surface area contributed by atoms with Crippen molar-refractivity contribution < 1.29 is 14.7 Å². The Hall–Kier alpha value is -3.15. The molecule has 0 atom stereocenters. The smallest absolute Gasteiger partial charge is 0.335 e. The molecule has 0 radical (unpaired) electrons. The molecule has 2 heterocycles. The zero-order chi connectivity index (χ0) is 15.5. The van der Waals surface area contributed by atoms with Crippen LogP contribution in [0, 0.1) is 0 Å². The molecule has 3 rings (SSSR count). The molecule has 0 unspecified atom stereocenters. The highest BCUT2D eigenvalue weighted by atomic mass is 16.4. The number of amides is 1. The Balaban J connectivity index is 1.72. The highest BCUT2D eigenvalue weighted by Crippen LogP contribution is 2.07. The number of rotatable bonds is 4. The molecule has 2 N–H and O–H groups in total. The van der Waals surface area contributed by atoms with E-state index in [1.807, 2.05) is 24.4 Å². The summed E-state index contributed by atoms with van der Waals surface area (Å²) in [4.78, 5) is 27.2. The van der Waals surface area contributed by atoms with Crippen molar-refractivity contribution in [3.8, 4) is 0 Å². The standard InChI is InChI=1S/C16H13N3O3/c20-15(13-10-19-7-2-1-6-14(19)18-13)17-9-11-4-3-5-12(8-11)16(21)22/h1-8,10H,9H2,(H,17,20)(H,21,22). The van der Waals surface area contributed by atoms with E-state index in [1.54, 1.807) is 22.7 Å². The fourth-order valence-electron chi connectivity index (χ4n) is 2.13. The van der Waals surface area contributed by atoms with Crippen LogP contribution in [0.5, 0.6) is 0 Å². The molecule has 3 aromatic rings. The van der Waals surface area contributed by atoms with Gasteiger partial charge in [0.2, 0.25) is 0 Å². The maximum atomic E-state index is 12.1. The summed E-state index contributed by atoms with van der Waals surface area (Å²) >= 11 is 0. The van der Waals surface area contributed by atoms with Crippen molar-refractivity contribution in [3.05, 3.63) is 71.7 Å². The summed E-state index contributed by atoms with van der Waals surface area (Å²) in [6.45, 7) is 0.244. The van der Waals surface area contributed by atoms with Crippen molar-refractivity contribution in [3.63, 3.8) is 0 Å². The van der Waals surface area contributed by atoms with Crippen LogP contribution in [0.3, 0.4) is 0 Å². The van der Waals surface area contributed by atoms with Gasteiger partial charge in [0, 0.05) is 18.9 Å². The maximum Gasteiger partial charge on any atom is 0.335 e. The second-order valence-electron chi connectivity index (χ2n) is 4.78. The van der Waals surface area contributed by atoms with Crippen molar-refractivity contribution in [2.24, 2.45) is 0 Å². The lowest BCUT2D eigenvalue weighted by Crippen LogP contribution is -2.23. The third kappa shape index (κ3) is 2.80. The van der Waals surface area contributed by atoms with Gasteiger partial charge in [-0.25, -0.2) is 9.78 Å². The molecule has 0 aliphatic carbocycles. The normalized spacial score (nSPS) is 10.5. The van der Waals surface area contributed by atoms with Crippen molar-refractivity contribution >= 4 is 17.5 Å². The Kier molecular flexibility index (Phi) is 3.57. The van der Waals surface area contributed by atoms with Gasteiger partial charge in [0.05, 0.1) is 5.56 Å².